The zero-order valence-electron chi connectivity index (χ0n) is 17.0. The van der Waals surface area contributed by atoms with Crippen molar-refractivity contribution in [3.8, 4) is 17.2 Å². The zero-order chi connectivity index (χ0) is 21.4. The maximum Gasteiger partial charge on any atom is 0.193 e. The van der Waals surface area contributed by atoms with Gasteiger partial charge in [0.1, 0.15) is 28.6 Å². The summed E-state index contributed by atoms with van der Waals surface area (Å²) in [7, 11) is 2.88. The molecular weight excluding hydrogens is 375 g/mol. The molecule has 0 aliphatic carbocycles. The van der Waals surface area contributed by atoms with Gasteiger partial charge in [0.05, 0.1) is 7.11 Å². The summed E-state index contributed by atoms with van der Waals surface area (Å²) in [6.45, 7) is 3.84. The van der Waals surface area contributed by atoms with Crippen LogP contribution in [0.15, 0.2) is 48.1 Å². The number of rotatable bonds is 9. The number of hydrogen-bond donors (Lipinski definition) is 1. The summed E-state index contributed by atoms with van der Waals surface area (Å²) in [4.78, 5) is 12.8. The Morgan fingerprint density at radius 3 is 2.52 bits per heavy atom. The molecule has 0 aliphatic heterocycles. The molecule has 5 nitrogen and oxygen atoms in total. The van der Waals surface area contributed by atoms with E-state index in [9.17, 15) is 14.3 Å². The highest BCUT2D eigenvalue weighted by atomic mass is 19.1. The molecule has 0 atom stereocenters. The van der Waals surface area contributed by atoms with Crippen LogP contribution in [0.4, 0.5) is 4.39 Å². The SMILES string of the molecule is COCOc1cc(OC)c(C(=O)/C=C/c2ccccc2F)c(O)c1CC=C(C)C. The summed E-state index contributed by atoms with van der Waals surface area (Å²) < 4.78 is 29.6. The van der Waals surface area contributed by atoms with Gasteiger partial charge in [-0.2, -0.15) is 0 Å². The van der Waals surface area contributed by atoms with Gasteiger partial charge < -0.3 is 19.3 Å². The van der Waals surface area contributed by atoms with E-state index in [4.69, 9.17) is 14.2 Å². The third kappa shape index (κ3) is 5.68. The van der Waals surface area contributed by atoms with E-state index in [1.807, 2.05) is 19.9 Å². The van der Waals surface area contributed by atoms with Crippen LogP contribution in [-0.4, -0.2) is 31.9 Å². The van der Waals surface area contributed by atoms with Gasteiger partial charge in [0, 0.05) is 24.3 Å². The van der Waals surface area contributed by atoms with Crippen LogP contribution in [0.3, 0.4) is 0 Å². The Morgan fingerprint density at radius 2 is 1.90 bits per heavy atom. The predicted molar refractivity (Wildman–Crippen MR) is 110 cm³/mol. The van der Waals surface area contributed by atoms with Crippen LogP contribution in [0, 0.1) is 5.82 Å². The fourth-order valence-corrected chi connectivity index (χ4v) is 2.68. The number of aromatic hydroxyl groups is 1. The summed E-state index contributed by atoms with van der Waals surface area (Å²) in [5, 5.41) is 10.9. The second kappa shape index (κ2) is 10.4. The van der Waals surface area contributed by atoms with Crippen molar-refractivity contribution in [2.75, 3.05) is 21.0 Å². The van der Waals surface area contributed by atoms with Crippen molar-refractivity contribution < 1.29 is 28.5 Å². The topological polar surface area (TPSA) is 65.0 Å². The first-order valence-electron chi connectivity index (χ1n) is 9.03. The summed E-state index contributed by atoms with van der Waals surface area (Å²) in [6, 6.07) is 7.64. The van der Waals surface area contributed by atoms with Crippen molar-refractivity contribution in [2.24, 2.45) is 0 Å². The molecule has 0 spiro atoms. The standard InChI is InChI=1S/C23H25FO5/c1-15(2)9-11-17-20(29-14-27-3)13-21(28-4)22(23(17)26)19(25)12-10-16-7-5-6-8-18(16)24/h5-10,12-13,26H,11,14H2,1-4H3/b12-10+. The number of carbonyl (C=O) groups is 1. The maximum atomic E-state index is 13.8. The minimum Gasteiger partial charge on any atom is -0.507 e. The highest BCUT2D eigenvalue weighted by Crippen LogP contribution is 2.40. The molecule has 2 aromatic rings. The molecule has 0 heterocycles. The molecule has 0 unspecified atom stereocenters. The number of ether oxygens (including phenoxy) is 3. The van der Waals surface area contributed by atoms with Crippen LogP contribution in [0.25, 0.3) is 6.08 Å². The predicted octanol–water partition coefficient (Wildman–Crippen LogP) is 4.93. The number of allylic oxidation sites excluding steroid dienone is 3. The third-order valence-electron chi connectivity index (χ3n) is 4.16. The third-order valence-corrected chi connectivity index (χ3v) is 4.16. The molecule has 0 fully saturated rings. The molecule has 0 aromatic heterocycles. The fraction of sp³-hybridized carbons (Fsp3) is 0.261. The van der Waals surface area contributed by atoms with Gasteiger partial charge in [-0.1, -0.05) is 29.8 Å². The summed E-state index contributed by atoms with van der Waals surface area (Å²) in [5.41, 5.74) is 1.74. The zero-order valence-corrected chi connectivity index (χ0v) is 17.0. The monoisotopic (exact) mass is 400 g/mol. The lowest BCUT2D eigenvalue weighted by molar-refractivity contribution is 0.0502. The van der Waals surface area contributed by atoms with E-state index in [-0.39, 0.29) is 29.4 Å². The quantitative estimate of drug-likeness (QED) is 0.280. The number of carbonyl (C=O) groups excluding carboxylic acids is 1. The molecule has 2 rings (SSSR count). The van der Waals surface area contributed by atoms with Gasteiger partial charge in [-0.25, -0.2) is 4.39 Å². The van der Waals surface area contributed by atoms with Crippen LogP contribution >= 0.6 is 0 Å². The normalized spacial score (nSPS) is 10.8. The van der Waals surface area contributed by atoms with Gasteiger partial charge >= 0.3 is 0 Å². The first-order valence-corrected chi connectivity index (χ1v) is 9.03. The Bertz CT molecular complexity index is 927. The first-order chi connectivity index (χ1) is 13.9. The largest absolute Gasteiger partial charge is 0.507 e. The van der Waals surface area contributed by atoms with Gasteiger partial charge in [0.25, 0.3) is 0 Å². The van der Waals surface area contributed by atoms with Crippen LogP contribution in [-0.2, 0) is 11.2 Å². The van der Waals surface area contributed by atoms with Crippen molar-refractivity contribution in [2.45, 2.75) is 20.3 Å². The van der Waals surface area contributed by atoms with E-state index in [1.54, 1.807) is 18.2 Å². The van der Waals surface area contributed by atoms with E-state index < -0.39 is 11.6 Å². The minimum absolute atomic E-state index is 0.0120. The van der Waals surface area contributed by atoms with Gasteiger partial charge in [0.2, 0.25) is 0 Å². The average Bonchev–Trinajstić information content (AvgIpc) is 2.70. The number of halogens is 1. The van der Waals surface area contributed by atoms with Crippen molar-refractivity contribution in [3.05, 3.63) is 70.6 Å². The van der Waals surface area contributed by atoms with Gasteiger partial charge in [0.15, 0.2) is 12.6 Å². The lowest BCUT2D eigenvalue weighted by Gasteiger charge is -2.17. The van der Waals surface area contributed by atoms with Crippen LogP contribution in [0.5, 0.6) is 17.2 Å². The van der Waals surface area contributed by atoms with Crippen LogP contribution in [0.2, 0.25) is 0 Å². The second-order valence-electron chi connectivity index (χ2n) is 6.53. The highest BCUT2D eigenvalue weighted by molar-refractivity contribution is 6.11. The van der Waals surface area contributed by atoms with Crippen LogP contribution < -0.4 is 9.47 Å². The van der Waals surface area contributed by atoms with E-state index in [2.05, 4.69) is 0 Å². The number of hydrogen-bond acceptors (Lipinski definition) is 5. The average molecular weight is 400 g/mol. The smallest absolute Gasteiger partial charge is 0.193 e. The second-order valence-corrected chi connectivity index (χ2v) is 6.53. The number of phenolic OH excluding ortho intramolecular Hbond substituents is 1. The Morgan fingerprint density at radius 1 is 1.17 bits per heavy atom. The number of ketones is 1. The number of benzene rings is 2. The number of methoxy groups -OCH3 is 2. The van der Waals surface area contributed by atoms with Gasteiger partial charge in [-0.05, 0) is 38.5 Å². The Labute approximate surface area is 170 Å². The van der Waals surface area contributed by atoms with E-state index in [1.165, 1.54) is 38.5 Å². The summed E-state index contributed by atoms with van der Waals surface area (Å²) >= 11 is 0. The Balaban J connectivity index is 2.51. The van der Waals surface area contributed by atoms with Crippen LogP contribution in [0.1, 0.15) is 35.3 Å². The van der Waals surface area contributed by atoms with Crippen molar-refractivity contribution in [3.63, 3.8) is 0 Å². The van der Waals surface area contributed by atoms with E-state index in [0.29, 0.717) is 17.7 Å². The molecule has 29 heavy (non-hydrogen) atoms. The summed E-state index contributed by atoms with van der Waals surface area (Å²) in [6.07, 6.45) is 4.83. The van der Waals surface area contributed by atoms with Crippen molar-refractivity contribution in [1.82, 2.24) is 0 Å². The molecule has 0 bridgehead atoms. The highest BCUT2D eigenvalue weighted by Gasteiger charge is 2.23. The Kier molecular flexibility index (Phi) is 7.98. The first kappa shape index (κ1) is 22.2. The van der Waals surface area contributed by atoms with Gasteiger partial charge in [-0.3, -0.25) is 4.79 Å². The van der Waals surface area contributed by atoms with E-state index >= 15 is 0 Å². The molecule has 0 saturated heterocycles. The molecule has 1 N–H and O–H groups in total. The molecule has 0 saturated carbocycles. The number of phenols is 1. The molecular formula is C23H25FO5. The fourth-order valence-electron chi connectivity index (χ4n) is 2.68. The molecule has 0 amide bonds. The molecule has 2 aromatic carbocycles. The molecule has 0 radical (unpaired) electrons. The molecule has 154 valence electrons. The van der Waals surface area contributed by atoms with E-state index in [0.717, 1.165) is 5.57 Å². The lowest BCUT2D eigenvalue weighted by Crippen LogP contribution is -2.07. The maximum absolute atomic E-state index is 13.8. The molecule has 6 heteroatoms. The summed E-state index contributed by atoms with van der Waals surface area (Å²) in [5.74, 6) is -0.693. The minimum atomic E-state index is -0.514. The van der Waals surface area contributed by atoms with Crippen molar-refractivity contribution in [1.29, 1.82) is 0 Å². The Hall–Kier alpha value is -3.12. The van der Waals surface area contributed by atoms with Crippen molar-refractivity contribution >= 4 is 11.9 Å². The lowest BCUT2D eigenvalue weighted by atomic mass is 9.99. The molecule has 0 aliphatic rings. The van der Waals surface area contributed by atoms with Gasteiger partial charge in [-0.15, -0.1) is 0 Å².